The molecule has 0 radical (unpaired) electrons. The maximum atomic E-state index is 13.8. The molecule has 0 fully saturated rings. The van der Waals surface area contributed by atoms with E-state index in [1.165, 1.54) is 6.07 Å². The van der Waals surface area contributed by atoms with Crippen molar-refractivity contribution in [1.29, 1.82) is 0 Å². The zero-order chi connectivity index (χ0) is 12.4. The third kappa shape index (κ3) is 2.78. The van der Waals surface area contributed by atoms with Crippen LogP contribution in [0.15, 0.2) is 38.6 Å². The van der Waals surface area contributed by atoms with Crippen LogP contribution >= 0.6 is 43.2 Å². The van der Waals surface area contributed by atoms with Crippen LogP contribution in [0.4, 0.5) is 4.39 Å². The molecule has 2 rings (SSSR count). The molecule has 0 spiro atoms. The van der Waals surface area contributed by atoms with Crippen LogP contribution in [-0.2, 0) is 0 Å². The number of hydrogen-bond donors (Lipinski definition) is 1. The van der Waals surface area contributed by atoms with Gasteiger partial charge in [-0.15, -0.1) is 11.3 Å². The van der Waals surface area contributed by atoms with Crippen LogP contribution in [0.25, 0.3) is 0 Å². The van der Waals surface area contributed by atoms with Gasteiger partial charge in [0.1, 0.15) is 5.82 Å². The van der Waals surface area contributed by atoms with Gasteiger partial charge < -0.3 is 5.32 Å². The Morgan fingerprint density at radius 2 is 2.00 bits per heavy atom. The van der Waals surface area contributed by atoms with Crippen molar-refractivity contribution in [2.24, 2.45) is 0 Å². The first-order valence-corrected chi connectivity index (χ1v) is 7.40. The topological polar surface area (TPSA) is 12.0 Å². The zero-order valence-electron chi connectivity index (χ0n) is 9.01. The van der Waals surface area contributed by atoms with E-state index in [0.717, 1.165) is 13.1 Å². The monoisotopic (exact) mass is 377 g/mol. The molecule has 0 aliphatic rings. The van der Waals surface area contributed by atoms with Gasteiger partial charge in [0.15, 0.2) is 0 Å². The lowest BCUT2D eigenvalue weighted by Crippen LogP contribution is -2.17. The molecule has 1 unspecified atom stereocenters. The molecule has 0 saturated carbocycles. The van der Waals surface area contributed by atoms with Crippen LogP contribution in [0.2, 0.25) is 0 Å². The van der Waals surface area contributed by atoms with E-state index in [4.69, 9.17) is 0 Å². The van der Waals surface area contributed by atoms with Crippen molar-refractivity contribution >= 4 is 43.2 Å². The van der Waals surface area contributed by atoms with Gasteiger partial charge in [0.25, 0.3) is 0 Å². The molecule has 1 atom stereocenters. The second kappa shape index (κ2) is 5.61. The minimum absolute atomic E-state index is 0.121. The quantitative estimate of drug-likeness (QED) is 0.814. The SMILES string of the molecule is CNC(c1cc(Br)c(Br)s1)c1ccccc1F. The lowest BCUT2D eigenvalue weighted by atomic mass is 10.1. The first-order valence-electron chi connectivity index (χ1n) is 5.00. The van der Waals surface area contributed by atoms with Crippen molar-refractivity contribution in [3.8, 4) is 0 Å². The Labute approximate surface area is 120 Å². The number of nitrogens with one attached hydrogen (secondary N) is 1. The van der Waals surface area contributed by atoms with Gasteiger partial charge in [-0.1, -0.05) is 18.2 Å². The van der Waals surface area contributed by atoms with Crippen LogP contribution in [0, 0.1) is 5.82 Å². The van der Waals surface area contributed by atoms with Crippen molar-refractivity contribution in [1.82, 2.24) is 5.32 Å². The summed E-state index contributed by atoms with van der Waals surface area (Å²) in [5, 5.41) is 3.14. The third-order valence-electron chi connectivity index (χ3n) is 2.45. The summed E-state index contributed by atoms with van der Waals surface area (Å²) in [4.78, 5) is 1.07. The molecule has 0 bridgehead atoms. The molecule has 1 nitrogen and oxygen atoms in total. The molecular formula is C12H10Br2FNS. The van der Waals surface area contributed by atoms with Crippen molar-refractivity contribution in [2.75, 3.05) is 7.05 Å². The Bertz CT molecular complexity index is 507. The number of thiophene rings is 1. The number of halogens is 3. The van der Waals surface area contributed by atoms with Crippen molar-refractivity contribution < 1.29 is 4.39 Å². The second-order valence-corrected chi connectivity index (χ2v) is 6.77. The standard InChI is InChI=1S/C12H10Br2FNS/c1-16-11(7-4-2-3-5-9(7)15)10-6-8(13)12(14)17-10/h2-6,11,16H,1H3. The summed E-state index contributed by atoms with van der Waals surface area (Å²) in [5.74, 6) is -0.188. The molecule has 2 aromatic rings. The predicted octanol–water partition coefficient (Wildman–Crippen LogP) is 4.72. The summed E-state index contributed by atoms with van der Waals surface area (Å²) in [6, 6.07) is 8.72. The van der Waals surface area contributed by atoms with Gasteiger partial charge >= 0.3 is 0 Å². The lowest BCUT2D eigenvalue weighted by molar-refractivity contribution is 0.579. The highest BCUT2D eigenvalue weighted by atomic mass is 79.9. The summed E-state index contributed by atoms with van der Waals surface area (Å²) in [6.07, 6.45) is 0. The summed E-state index contributed by atoms with van der Waals surface area (Å²) >= 11 is 8.49. The highest BCUT2D eigenvalue weighted by molar-refractivity contribution is 9.13. The number of benzene rings is 1. The lowest BCUT2D eigenvalue weighted by Gasteiger charge is -2.15. The van der Waals surface area contributed by atoms with Crippen LogP contribution in [-0.4, -0.2) is 7.05 Å². The third-order valence-corrected chi connectivity index (χ3v) is 5.77. The highest BCUT2D eigenvalue weighted by Gasteiger charge is 2.18. The molecule has 0 amide bonds. The van der Waals surface area contributed by atoms with Crippen LogP contribution in [0.5, 0.6) is 0 Å². The molecule has 0 aliphatic heterocycles. The van der Waals surface area contributed by atoms with Crippen LogP contribution in [0.1, 0.15) is 16.5 Å². The molecule has 90 valence electrons. The first-order chi connectivity index (χ1) is 8.13. The van der Waals surface area contributed by atoms with Gasteiger partial charge in [-0.3, -0.25) is 0 Å². The van der Waals surface area contributed by atoms with Crippen LogP contribution in [0.3, 0.4) is 0 Å². The fourth-order valence-electron chi connectivity index (χ4n) is 1.67. The van der Waals surface area contributed by atoms with E-state index in [1.807, 2.05) is 19.2 Å². The van der Waals surface area contributed by atoms with E-state index >= 15 is 0 Å². The van der Waals surface area contributed by atoms with Gasteiger partial charge in [0, 0.05) is 14.9 Å². The Morgan fingerprint density at radius 3 is 2.53 bits per heavy atom. The van der Waals surface area contributed by atoms with E-state index in [1.54, 1.807) is 23.5 Å². The second-order valence-electron chi connectivity index (χ2n) is 3.51. The summed E-state index contributed by atoms with van der Waals surface area (Å²) in [7, 11) is 1.83. The van der Waals surface area contributed by atoms with E-state index < -0.39 is 0 Å². The molecule has 1 heterocycles. The molecule has 1 aromatic carbocycles. The zero-order valence-corrected chi connectivity index (χ0v) is 13.0. The Kier molecular flexibility index (Phi) is 4.36. The Balaban J connectivity index is 2.44. The minimum atomic E-state index is -0.188. The van der Waals surface area contributed by atoms with E-state index in [2.05, 4.69) is 37.2 Å². The first kappa shape index (κ1) is 13.2. The van der Waals surface area contributed by atoms with E-state index in [9.17, 15) is 4.39 Å². The molecule has 0 aliphatic carbocycles. The van der Waals surface area contributed by atoms with Crippen LogP contribution < -0.4 is 5.32 Å². The maximum absolute atomic E-state index is 13.8. The van der Waals surface area contributed by atoms with E-state index in [-0.39, 0.29) is 11.9 Å². The maximum Gasteiger partial charge on any atom is 0.128 e. The van der Waals surface area contributed by atoms with Gasteiger partial charge in [0.05, 0.1) is 9.83 Å². The average Bonchev–Trinajstić information content (AvgIpc) is 2.63. The van der Waals surface area contributed by atoms with Gasteiger partial charge in [-0.2, -0.15) is 0 Å². The normalized spacial score (nSPS) is 12.7. The minimum Gasteiger partial charge on any atom is -0.309 e. The summed E-state index contributed by atoms with van der Waals surface area (Å²) in [6.45, 7) is 0. The molecule has 0 saturated heterocycles. The van der Waals surface area contributed by atoms with Crippen molar-refractivity contribution in [3.05, 3.63) is 54.8 Å². The molecule has 5 heteroatoms. The summed E-state index contributed by atoms with van der Waals surface area (Å²) in [5.41, 5.74) is 0.663. The average molecular weight is 379 g/mol. The predicted molar refractivity (Wildman–Crippen MR) is 77.0 cm³/mol. The molecule has 17 heavy (non-hydrogen) atoms. The smallest absolute Gasteiger partial charge is 0.128 e. The number of rotatable bonds is 3. The molecule has 1 aromatic heterocycles. The fraction of sp³-hybridized carbons (Fsp3) is 0.167. The Morgan fingerprint density at radius 1 is 1.29 bits per heavy atom. The van der Waals surface area contributed by atoms with Gasteiger partial charge in [-0.05, 0) is 51.0 Å². The number of hydrogen-bond acceptors (Lipinski definition) is 2. The molecule has 1 N–H and O–H groups in total. The largest absolute Gasteiger partial charge is 0.309 e. The van der Waals surface area contributed by atoms with Crippen molar-refractivity contribution in [3.63, 3.8) is 0 Å². The summed E-state index contributed by atoms with van der Waals surface area (Å²) < 4.78 is 15.8. The van der Waals surface area contributed by atoms with Gasteiger partial charge in [0.2, 0.25) is 0 Å². The van der Waals surface area contributed by atoms with Crippen molar-refractivity contribution in [2.45, 2.75) is 6.04 Å². The fourth-order valence-corrected chi connectivity index (χ4v) is 3.88. The van der Waals surface area contributed by atoms with Gasteiger partial charge in [-0.25, -0.2) is 4.39 Å². The highest BCUT2D eigenvalue weighted by Crippen LogP contribution is 2.37. The Hall–Kier alpha value is -0.230. The van der Waals surface area contributed by atoms with E-state index in [0.29, 0.717) is 5.56 Å². The molecular weight excluding hydrogens is 369 g/mol.